The molecule has 0 bridgehead atoms. The van der Waals surface area contributed by atoms with E-state index in [0.29, 0.717) is 29.6 Å². The Kier molecular flexibility index (Phi) is 6.30. The average molecular weight is 507 g/mol. The van der Waals surface area contributed by atoms with Crippen LogP contribution in [0.5, 0.6) is 0 Å². The molecule has 184 valence electrons. The second-order valence-corrected chi connectivity index (χ2v) is 8.93. The zero-order chi connectivity index (χ0) is 24.6. The SMILES string of the molecule is CCc1cc2c(N3CCc4c(nc(-c5ccoc5)nc4C(F)(F)F)C3)nc(NCOCO)nc2s1. The van der Waals surface area contributed by atoms with E-state index in [0.717, 1.165) is 21.5 Å². The molecular weight excluding hydrogens is 485 g/mol. The van der Waals surface area contributed by atoms with Gasteiger partial charge in [0.05, 0.1) is 29.5 Å². The highest BCUT2D eigenvalue weighted by Crippen LogP contribution is 2.38. The molecule has 5 heterocycles. The molecule has 0 aliphatic carbocycles. The molecule has 0 spiro atoms. The molecule has 1 aliphatic rings. The molecular formula is C22H21F3N6O3S. The zero-order valence-electron chi connectivity index (χ0n) is 18.6. The van der Waals surface area contributed by atoms with Crippen LogP contribution in [0.1, 0.15) is 28.8 Å². The molecule has 35 heavy (non-hydrogen) atoms. The summed E-state index contributed by atoms with van der Waals surface area (Å²) in [5.41, 5.74) is -0.148. The van der Waals surface area contributed by atoms with Gasteiger partial charge in [-0.2, -0.15) is 18.2 Å². The summed E-state index contributed by atoms with van der Waals surface area (Å²) in [5, 5.41) is 12.6. The maximum absolute atomic E-state index is 13.9. The first-order valence-electron chi connectivity index (χ1n) is 10.8. The van der Waals surface area contributed by atoms with Crippen molar-refractivity contribution in [1.82, 2.24) is 19.9 Å². The monoisotopic (exact) mass is 506 g/mol. The molecule has 4 aromatic rings. The molecule has 13 heteroatoms. The molecule has 0 atom stereocenters. The Morgan fingerprint density at radius 1 is 1.26 bits per heavy atom. The van der Waals surface area contributed by atoms with E-state index in [-0.39, 0.29) is 31.1 Å². The molecule has 0 unspecified atom stereocenters. The molecule has 1 aliphatic heterocycles. The van der Waals surface area contributed by atoms with Gasteiger partial charge < -0.3 is 24.5 Å². The Morgan fingerprint density at radius 2 is 2.11 bits per heavy atom. The Hall–Kier alpha value is -3.29. The molecule has 0 fully saturated rings. The number of aliphatic hydroxyl groups excluding tert-OH is 1. The highest BCUT2D eigenvalue weighted by molar-refractivity contribution is 7.18. The fourth-order valence-electron chi connectivity index (χ4n) is 3.98. The van der Waals surface area contributed by atoms with E-state index < -0.39 is 18.7 Å². The highest BCUT2D eigenvalue weighted by atomic mass is 32.1. The number of alkyl halides is 3. The van der Waals surface area contributed by atoms with Crippen molar-refractivity contribution in [3.63, 3.8) is 0 Å². The summed E-state index contributed by atoms with van der Waals surface area (Å²) >= 11 is 1.53. The molecule has 0 amide bonds. The number of fused-ring (bicyclic) bond motifs is 2. The lowest BCUT2D eigenvalue weighted by Gasteiger charge is -2.31. The van der Waals surface area contributed by atoms with E-state index in [1.807, 2.05) is 17.9 Å². The number of aromatic nitrogens is 4. The van der Waals surface area contributed by atoms with Crippen molar-refractivity contribution < 1.29 is 27.4 Å². The van der Waals surface area contributed by atoms with E-state index in [4.69, 9.17) is 14.3 Å². The molecule has 0 aromatic carbocycles. The number of anilines is 2. The minimum absolute atomic E-state index is 0.00647. The minimum atomic E-state index is -4.61. The van der Waals surface area contributed by atoms with Crippen molar-refractivity contribution in [2.75, 3.05) is 30.3 Å². The quantitative estimate of drug-likeness (QED) is 0.281. The predicted octanol–water partition coefficient (Wildman–Crippen LogP) is 4.22. The maximum atomic E-state index is 13.9. The average Bonchev–Trinajstić information content (AvgIpc) is 3.52. The second-order valence-electron chi connectivity index (χ2n) is 7.81. The smallest absolute Gasteiger partial charge is 0.433 e. The van der Waals surface area contributed by atoms with Gasteiger partial charge in [0.25, 0.3) is 0 Å². The zero-order valence-corrected chi connectivity index (χ0v) is 19.4. The van der Waals surface area contributed by atoms with Crippen LogP contribution in [-0.4, -0.2) is 45.1 Å². The third-order valence-corrected chi connectivity index (χ3v) is 6.78. The number of rotatable bonds is 7. The van der Waals surface area contributed by atoms with Crippen molar-refractivity contribution in [3.8, 4) is 11.4 Å². The number of aliphatic hydroxyl groups is 1. The van der Waals surface area contributed by atoms with Crippen LogP contribution in [0.3, 0.4) is 0 Å². The van der Waals surface area contributed by atoms with Gasteiger partial charge in [-0.1, -0.05) is 6.92 Å². The van der Waals surface area contributed by atoms with Crippen LogP contribution in [0.25, 0.3) is 21.6 Å². The summed E-state index contributed by atoms with van der Waals surface area (Å²) in [5.74, 6) is 0.862. The molecule has 5 rings (SSSR count). The topological polar surface area (TPSA) is 109 Å². The van der Waals surface area contributed by atoms with Gasteiger partial charge in [-0.3, -0.25) is 0 Å². The minimum Gasteiger partial charge on any atom is -0.472 e. The van der Waals surface area contributed by atoms with Crippen LogP contribution in [0.2, 0.25) is 0 Å². The summed E-state index contributed by atoms with van der Waals surface area (Å²) in [6, 6.07) is 3.54. The number of halogens is 3. The van der Waals surface area contributed by atoms with Gasteiger partial charge in [-0.05, 0) is 25.0 Å². The van der Waals surface area contributed by atoms with E-state index >= 15 is 0 Å². The van der Waals surface area contributed by atoms with Crippen molar-refractivity contribution in [2.24, 2.45) is 0 Å². The van der Waals surface area contributed by atoms with E-state index in [2.05, 4.69) is 25.3 Å². The van der Waals surface area contributed by atoms with Gasteiger partial charge in [0, 0.05) is 17.0 Å². The first kappa shape index (κ1) is 23.5. The van der Waals surface area contributed by atoms with Crippen molar-refractivity contribution in [3.05, 3.63) is 46.5 Å². The molecule has 0 saturated heterocycles. The molecule has 0 radical (unpaired) electrons. The Balaban J connectivity index is 1.57. The normalized spacial score (nSPS) is 13.9. The molecule has 4 aromatic heterocycles. The van der Waals surface area contributed by atoms with E-state index in [9.17, 15) is 13.2 Å². The maximum Gasteiger partial charge on any atom is 0.433 e. The number of hydrogen-bond donors (Lipinski definition) is 2. The summed E-state index contributed by atoms with van der Waals surface area (Å²) in [7, 11) is 0. The van der Waals surface area contributed by atoms with Crippen LogP contribution >= 0.6 is 11.3 Å². The third-order valence-electron chi connectivity index (χ3n) is 5.61. The van der Waals surface area contributed by atoms with Crippen molar-refractivity contribution in [2.45, 2.75) is 32.5 Å². The Labute approximate surface area is 201 Å². The third kappa shape index (κ3) is 4.66. The number of thiophene rings is 1. The van der Waals surface area contributed by atoms with Crippen molar-refractivity contribution >= 4 is 33.3 Å². The van der Waals surface area contributed by atoms with Crippen molar-refractivity contribution in [1.29, 1.82) is 0 Å². The predicted molar refractivity (Wildman–Crippen MR) is 123 cm³/mol. The van der Waals surface area contributed by atoms with Crippen LogP contribution < -0.4 is 10.2 Å². The fraction of sp³-hybridized carbons (Fsp3) is 0.364. The van der Waals surface area contributed by atoms with Gasteiger partial charge >= 0.3 is 6.18 Å². The van der Waals surface area contributed by atoms with Crippen LogP contribution in [0.15, 0.2) is 29.1 Å². The van der Waals surface area contributed by atoms with Gasteiger partial charge in [0.2, 0.25) is 5.95 Å². The number of nitrogens with zero attached hydrogens (tertiary/aromatic N) is 5. The van der Waals surface area contributed by atoms with E-state index in [1.165, 1.54) is 29.9 Å². The highest BCUT2D eigenvalue weighted by Gasteiger charge is 2.39. The van der Waals surface area contributed by atoms with E-state index in [1.54, 1.807) is 0 Å². The lowest BCUT2D eigenvalue weighted by Crippen LogP contribution is -2.34. The fourth-order valence-corrected chi connectivity index (χ4v) is 4.94. The van der Waals surface area contributed by atoms with Crippen LogP contribution in [-0.2, 0) is 30.3 Å². The standard InChI is InChI=1S/C22H21F3N6O3S/c1-2-13-7-15-19(29-21(26-10-34-11-32)30-20(15)35-13)31-5-3-14-16(8-31)27-18(12-4-6-33-9-12)28-17(14)22(23,24)25/h4,6-7,9,32H,2-3,5,8,10-11H2,1H3,(H,26,29,30). The Morgan fingerprint density at radius 3 is 2.83 bits per heavy atom. The molecule has 9 nitrogen and oxygen atoms in total. The molecule has 2 N–H and O–H groups in total. The van der Waals surface area contributed by atoms with Crippen LogP contribution in [0, 0.1) is 0 Å². The van der Waals surface area contributed by atoms with Gasteiger partial charge in [-0.15, -0.1) is 11.3 Å². The summed E-state index contributed by atoms with van der Waals surface area (Å²) < 4.78 is 51.6. The van der Waals surface area contributed by atoms with Gasteiger partial charge in [0.15, 0.2) is 11.5 Å². The Bertz CT molecular complexity index is 1340. The number of ether oxygens (including phenoxy) is 1. The number of aryl methyl sites for hydroxylation is 1. The largest absolute Gasteiger partial charge is 0.472 e. The van der Waals surface area contributed by atoms with Crippen LogP contribution in [0.4, 0.5) is 24.9 Å². The first-order chi connectivity index (χ1) is 16.9. The van der Waals surface area contributed by atoms with Gasteiger partial charge in [0.1, 0.15) is 30.4 Å². The summed E-state index contributed by atoms with van der Waals surface area (Å²) in [6.07, 6.45) is -0.992. The number of hydrogen-bond acceptors (Lipinski definition) is 10. The summed E-state index contributed by atoms with van der Waals surface area (Å²) in [4.78, 5) is 21.2. The van der Waals surface area contributed by atoms with Gasteiger partial charge in [-0.25, -0.2) is 15.0 Å². The number of nitrogens with one attached hydrogen (secondary N) is 1. The summed E-state index contributed by atoms with van der Waals surface area (Å²) in [6.45, 7) is 2.02. The second kappa shape index (κ2) is 9.40. The lowest BCUT2D eigenvalue weighted by atomic mass is 10.0. The lowest BCUT2D eigenvalue weighted by molar-refractivity contribution is -0.141. The molecule has 0 saturated carbocycles. The number of furan rings is 1. The first-order valence-corrected chi connectivity index (χ1v) is 11.7.